The summed E-state index contributed by atoms with van der Waals surface area (Å²) in [5.74, 6) is -1.22. The number of amides is 1. The van der Waals surface area contributed by atoms with E-state index in [0.29, 0.717) is 10.8 Å². The number of hydrogen-bond donors (Lipinski definition) is 1. The molecule has 0 saturated heterocycles. The molecular formula is C15H9BrNO3. The van der Waals surface area contributed by atoms with Gasteiger partial charge in [-0.1, -0.05) is 22.0 Å². The number of carboxylic acid groups (broad SMARTS) is 1. The molecule has 2 aromatic carbocycles. The van der Waals surface area contributed by atoms with Gasteiger partial charge in [-0.25, -0.2) is 5.32 Å². The highest BCUT2D eigenvalue weighted by Crippen LogP contribution is 2.20. The molecule has 1 N–H and O–H groups in total. The molecule has 0 atom stereocenters. The highest BCUT2D eigenvalue weighted by Gasteiger charge is 2.11. The standard InChI is InChI=1S/C15H9BrNO3/c16-10-1-2-11-9(5-15(19)20)3-8-4-14(18)17-7-13(8)12(11)6-10/h1-4,6-7H,5H2,(H,19,20). The van der Waals surface area contributed by atoms with Crippen molar-refractivity contribution in [3.63, 3.8) is 0 Å². The number of nitrogens with zero attached hydrogens (tertiary/aromatic N) is 1. The van der Waals surface area contributed by atoms with E-state index in [0.717, 1.165) is 20.5 Å². The van der Waals surface area contributed by atoms with Gasteiger partial charge in [0, 0.05) is 22.0 Å². The van der Waals surface area contributed by atoms with Crippen LogP contribution in [0.15, 0.2) is 28.7 Å². The maximum Gasteiger partial charge on any atom is 0.307 e. The highest BCUT2D eigenvalue weighted by atomic mass is 79.9. The molecule has 0 saturated carbocycles. The molecule has 1 radical (unpaired) electrons. The van der Waals surface area contributed by atoms with Gasteiger partial charge in [0.05, 0.1) is 6.42 Å². The molecule has 0 aliphatic carbocycles. The van der Waals surface area contributed by atoms with Gasteiger partial charge < -0.3 is 5.11 Å². The summed E-state index contributed by atoms with van der Waals surface area (Å²) in [6.45, 7) is 0. The van der Waals surface area contributed by atoms with Crippen molar-refractivity contribution in [2.75, 3.05) is 0 Å². The van der Waals surface area contributed by atoms with Crippen LogP contribution >= 0.6 is 15.9 Å². The first-order valence-corrected chi connectivity index (χ1v) is 6.73. The summed E-state index contributed by atoms with van der Waals surface area (Å²) in [5.41, 5.74) is 0.693. The third kappa shape index (κ3) is 2.20. The molecular weight excluding hydrogens is 322 g/mol. The predicted octanol–water partition coefficient (Wildman–Crippen LogP) is 0.893. The van der Waals surface area contributed by atoms with E-state index >= 15 is 0 Å². The molecule has 0 aromatic heterocycles. The van der Waals surface area contributed by atoms with Crippen LogP contribution in [0.4, 0.5) is 0 Å². The maximum absolute atomic E-state index is 11.4. The quantitative estimate of drug-likeness (QED) is 0.889. The third-order valence-corrected chi connectivity index (χ3v) is 3.69. The molecule has 5 heteroatoms. The van der Waals surface area contributed by atoms with Gasteiger partial charge in [-0.2, -0.15) is 0 Å². The van der Waals surface area contributed by atoms with Crippen molar-refractivity contribution >= 4 is 50.9 Å². The van der Waals surface area contributed by atoms with Gasteiger partial charge in [-0.05, 0) is 39.8 Å². The highest BCUT2D eigenvalue weighted by molar-refractivity contribution is 9.10. The van der Waals surface area contributed by atoms with Crippen molar-refractivity contribution in [3.05, 3.63) is 44.7 Å². The minimum atomic E-state index is -0.898. The lowest BCUT2D eigenvalue weighted by Gasteiger charge is -2.09. The lowest BCUT2D eigenvalue weighted by molar-refractivity contribution is -0.136. The van der Waals surface area contributed by atoms with E-state index in [1.54, 1.807) is 6.07 Å². The van der Waals surface area contributed by atoms with Gasteiger partial charge in [0.2, 0.25) is 0 Å². The zero-order chi connectivity index (χ0) is 14.3. The predicted molar refractivity (Wildman–Crippen MR) is 78.3 cm³/mol. The lowest BCUT2D eigenvalue weighted by atomic mass is 9.98. The minimum absolute atomic E-state index is 0.0788. The van der Waals surface area contributed by atoms with Crippen molar-refractivity contribution in [2.45, 2.75) is 6.42 Å². The Morgan fingerprint density at radius 3 is 2.80 bits per heavy atom. The van der Waals surface area contributed by atoms with Gasteiger partial charge in [0.25, 0.3) is 5.91 Å². The fraction of sp³-hybridized carbons (Fsp3) is 0.0667. The van der Waals surface area contributed by atoms with Crippen LogP contribution in [0.3, 0.4) is 0 Å². The Hall–Kier alpha value is -2.14. The number of carboxylic acids is 1. The molecule has 99 valence electrons. The van der Waals surface area contributed by atoms with Crippen LogP contribution in [-0.4, -0.2) is 17.0 Å². The van der Waals surface area contributed by atoms with Crippen LogP contribution in [-0.2, 0) is 16.0 Å². The molecule has 2 aromatic rings. The van der Waals surface area contributed by atoms with Crippen molar-refractivity contribution in [1.29, 1.82) is 0 Å². The molecule has 1 amide bonds. The molecule has 20 heavy (non-hydrogen) atoms. The van der Waals surface area contributed by atoms with Gasteiger partial charge in [-0.3, -0.25) is 9.59 Å². The second-order valence-corrected chi connectivity index (χ2v) is 5.46. The van der Waals surface area contributed by atoms with E-state index in [4.69, 9.17) is 5.11 Å². The number of aliphatic carboxylic acids is 1. The summed E-state index contributed by atoms with van der Waals surface area (Å²) in [6, 6.07) is 7.41. The first-order valence-electron chi connectivity index (χ1n) is 5.94. The van der Waals surface area contributed by atoms with Crippen LogP contribution in [0.5, 0.6) is 0 Å². The Morgan fingerprint density at radius 1 is 1.25 bits per heavy atom. The van der Waals surface area contributed by atoms with Crippen LogP contribution in [0.25, 0.3) is 23.0 Å². The van der Waals surface area contributed by atoms with Gasteiger partial charge in [-0.15, -0.1) is 0 Å². The Labute approximate surface area is 122 Å². The number of benzene rings is 2. The van der Waals surface area contributed by atoms with E-state index in [2.05, 4.69) is 21.2 Å². The minimum Gasteiger partial charge on any atom is -0.481 e. The van der Waals surface area contributed by atoms with E-state index in [-0.39, 0.29) is 12.3 Å². The summed E-state index contributed by atoms with van der Waals surface area (Å²) < 4.78 is 0.893. The number of carbonyl (C=O) groups is 2. The van der Waals surface area contributed by atoms with Crippen molar-refractivity contribution in [2.24, 2.45) is 0 Å². The fourth-order valence-corrected chi connectivity index (χ4v) is 2.75. The molecule has 0 spiro atoms. The van der Waals surface area contributed by atoms with Crippen LogP contribution in [0, 0.1) is 0 Å². The largest absolute Gasteiger partial charge is 0.481 e. The van der Waals surface area contributed by atoms with E-state index in [1.807, 2.05) is 18.2 Å². The molecule has 0 bridgehead atoms. The second-order valence-electron chi connectivity index (χ2n) is 4.54. The zero-order valence-corrected chi connectivity index (χ0v) is 11.8. The Kier molecular flexibility index (Phi) is 3.06. The van der Waals surface area contributed by atoms with Crippen LogP contribution in [0.2, 0.25) is 0 Å². The molecule has 3 rings (SSSR count). The number of fused-ring (bicyclic) bond motifs is 3. The summed E-state index contributed by atoms with van der Waals surface area (Å²) in [6.07, 6.45) is 2.89. The third-order valence-electron chi connectivity index (χ3n) is 3.20. The van der Waals surface area contributed by atoms with Crippen LogP contribution < -0.4 is 15.8 Å². The van der Waals surface area contributed by atoms with Gasteiger partial charge >= 0.3 is 5.97 Å². The molecule has 1 aliphatic heterocycles. The van der Waals surface area contributed by atoms with E-state index in [1.165, 1.54) is 12.3 Å². The number of carbonyl (C=O) groups excluding carboxylic acids is 1. The molecule has 1 heterocycles. The lowest BCUT2D eigenvalue weighted by Crippen LogP contribution is -2.34. The van der Waals surface area contributed by atoms with Crippen molar-refractivity contribution < 1.29 is 14.7 Å². The summed E-state index contributed by atoms with van der Waals surface area (Å²) >= 11 is 3.41. The summed E-state index contributed by atoms with van der Waals surface area (Å²) in [5, 5.41) is 16.1. The average Bonchev–Trinajstić information content (AvgIpc) is 2.37. The number of hydrogen-bond acceptors (Lipinski definition) is 2. The first kappa shape index (κ1) is 12.9. The molecule has 4 nitrogen and oxygen atoms in total. The van der Waals surface area contributed by atoms with E-state index in [9.17, 15) is 9.59 Å². The summed E-state index contributed by atoms with van der Waals surface area (Å²) in [4.78, 5) is 22.4. The Bertz CT molecular complexity index is 871. The number of halogens is 1. The first-order chi connectivity index (χ1) is 9.54. The van der Waals surface area contributed by atoms with Crippen molar-refractivity contribution in [3.8, 4) is 0 Å². The summed E-state index contributed by atoms with van der Waals surface area (Å²) in [7, 11) is 0. The van der Waals surface area contributed by atoms with Gasteiger partial charge in [0.1, 0.15) is 0 Å². The molecule has 1 aliphatic rings. The Balaban J connectivity index is 2.45. The van der Waals surface area contributed by atoms with Gasteiger partial charge in [0.15, 0.2) is 0 Å². The molecule has 0 fully saturated rings. The smallest absolute Gasteiger partial charge is 0.307 e. The monoisotopic (exact) mass is 330 g/mol. The topological polar surface area (TPSA) is 68.5 Å². The zero-order valence-electron chi connectivity index (χ0n) is 10.3. The number of rotatable bonds is 2. The molecule has 0 unspecified atom stereocenters. The fourth-order valence-electron chi connectivity index (χ4n) is 2.39. The van der Waals surface area contributed by atoms with Crippen molar-refractivity contribution in [1.82, 2.24) is 5.32 Å². The Morgan fingerprint density at radius 2 is 2.05 bits per heavy atom. The maximum atomic E-state index is 11.4. The van der Waals surface area contributed by atoms with Crippen LogP contribution in [0.1, 0.15) is 5.56 Å². The SMILES string of the molecule is O=C(O)Cc1cc2c(c3cc(Br)ccc13)=C[N]C(=O)C=2. The second kappa shape index (κ2) is 4.76. The van der Waals surface area contributed by atoms with E-state index < -0.39 is 5.97 Å². The average molecular weight is 331 g/mol. The normalized spacial score (nSPS) is 13.2.